The van der Waals surface area contributed by atoms with Crippen LogP contribution in [0.5, 0.6) is 5.88 Å². The molecule has 1 aliphatic rings. The number of hydrogen-bond acceptors (Lipinski definition) is 5. The fourth-order valence-electron chi connectivity index (χ4n) is 2.10. The van der Waals surface area contributed by atoms with Crippen molar-refractivity contribution in [2.45, 2.75) is 33.1 Å². The first-order chi connectivity index (χ1) is 9.28. The molecule has 0 aromatic carbocycles. The molecule has 0 saturated carbocycles. The van der Waals surface area contributed by atoms with Crippen molar-refractivity contribution in [1.29, 1.82) is 0 Å². The summed E-state index contributed by atoms with van der Waals surface area (Å²) in [4.78, 5) is 8.73. The fraction of sp³-hybridized carbons (Fsp3) is 0.714. The molecule has 0 bridgehead atoms. The zero-order valence-electron chi connectivity index (χ0n) is 11.8. The molecule has 1 aliphatic heterocycles. The second kappa shape index (κ2) is 7.28. The Hall–Kier alpha value is -1.36. The lowest BCUT2D eigenvalue weighted by Gasteiger charge is -2.10. The van der Waals surface area contributed by atoms with Crippen molar-refractivity contribution in [3.63, 3.8) is 0 Å². The highest BCUT2D eigenvalue weighted by atomic mass is 16.5. The van der Waals surface area contributed by atoms with Crippen LogP contribution in [-0.2, 0) is 4.74 Å². The molecule has 1 atom stereocenters. The van der Waals surface area contributed by atoms with Gasteiger partial charge in [-0.15, -0.1) is 0 Å². The molecule has 5 heteroatoms. The summed E-state index contributed by atoms with van der Waals surface area (Å²) in [5.74, 6) is 1.99. The molecule has 2 heterocycles. The molecule has 0 aliphatic carbocycles. The molecule has 1 N–H and O–H groups in total. The van der Waals surface area contributed by atoms with Gasteiger partial charge in [-0.25, -0.2) is 4.98 Å². The number of nitrogens with zero attached hydrogens (tertiary/aromatic N) is 2. The zero-order valence-corrected chi connectivity index (χ0v) is 11.8. The molecule has 0 radical (unpaired) electrons. The molecular formula is C14H23N3O2. The minimum atomic E-state index is 0.654. The molecule has 1 aromatic rings. The molecule has 19 heavy (non-hydrogen) atoms. The van der Waals surface area contributed by atoms with Gasteiger partial charge in [0.15, 0.2) is 0 Å². The van der Waals surface area contributed by atoms with Gasteiger partial charge in [0.25, 0.3) is 0 Å². The van der Waals surface area contributed by atoms with Crippen molar-refractivity contribution >= 4 is 5.95 Å². The maximum absolute atomic E-state index is 5.55. The van der Waals surface area contributed by atoms with Crippen molar-refractivity contribution in [1.82, 2.24) is 9.97 Å². The van der Waals surface area contributed by atoms with Crippen LogP contribution >= 0.6 is 0 Å². The summed E-state index contributed by atoms with van der Waals surface area (Å²) in [6.45, 7) is 7.40. The third kappa shape index (κ3) is 4.67. The highest BCUT2D eigenvalue weighted by molar-refractivity contribution is 5.30. The normalized spacial score (nSPS) is 18.5. The van der Waals surface area contributed by atoms with Crippen LogP contribution in [0.15, 0.2) is 6.07 Å². The lowest BCUT2D eigenvalue weighted by molar-refractivity contribution is 0.185. The molecule has 2 rings (SSSR count). The molecule has 1 saturated heterocycles. The molecule has 0 amide bonds. The maximum atomic E-state index is 5.55. The SMILES string of the molecule is CCCOc1cc(C)nc(NCCC2CCOC2)n1. The second-order valence-electron chi connectivity index (χ2n) is 4.96. The molecule has 1 unspecified atom stereocenters. The van der Waals surface area contributed by atoms with E-state index in [2.05, 4.69) is 22.2 Å². The van der Waals surface area contributed by atoms with E-state index in [1.54, 1.807) is 0 Å². The Morgan fingerprint density at radius 2 is 2.37 bits per heavy atom. The van der Waals surface area contributed by atoms with E-state index in [9.17, 15) is 0 Å². The number of aromatic nitrogens is 2. The highest BCUT2D eigenvalue weighted by Crippen LogP contribution is 2.17. The van der Waals surface area contributed by atoms with Gasteiger partial charge in [0.05, 0.1) is 6.61 Å². The Balaban J connectivity index is 1.82. The Morgan fingerprint density at radius 1 is 1.47 bits per heavy atom. The van der Waals surface area contributed by atoms with E-state index in [0.29, 0.717) is 24.4 Å². The summed E-state index contributed by atoms with van der Waals surface area (Å²) in [6.07, 6.45) is 3.25. The molecule has 1 fully saturated rings. The van der Waals surface area contributed by atoms with Crippen molar-refractivity contribution < 1.29 is 9.47 Å². The number of ether oxygens (including phenoxy) is 2. The zero-order chi connectivity index (χ0) is 13.5. The van der Waals surface area contributed by atoms with E-state index in [-0.39, 0.29) is 0 Å². The predicted molar refractivity (Wildman–Crippen MR) is 74.6 cm³/mol. The number of anilines is 1. The smallest absolute Gasteiger partial charge is 0.226 e. The molecule has 1 aromatic heterocycles. The molecule has 106 valence electrons. The lowest BCUT2D eigenvalue weighted by Crippen LogP contribution is -2.12. The van der Waals surface area contributed by atoms with Gasteiger partial charge in [-0.1, -0.05) is 6.92 Å². The first-order valence-corrected chi connectivity index (χ1v) is 7.08. The highest BCUT2D eigenvalue weighted by Gasteiger charge is 2.15. The Labute approximate surface area is 114 Å². The van der Waals surface area contributed by atoms with E-state index in [0.717, 1.165) is 38.3 Å². The average molecular weight is 265 g/mol. The monoisotopic (exact) mass is 265 g/mol. The van der Waals surface area contributed by atoms with Crippen molar-refractivity contribution in [3.05, 3.63) is 11.8 Å². The summed E-state index contributed by atoms with van der Waals surface area (Å²) >= 11 is 0. The Bertz CT molecular complexity index is 392. The van der Waals surface area contributed by atoms with E-state index >= 15 is 0 Å². The van der Waals surface area contributed by atoms with Crippen LogP contribution in [0.25, 0.3) is 0 Å². The second-order valence-corrected chi connectivity index (χ2v) is 4.96. The van der Waals surface area contributed by atoms with Gasteiger partial charge in [-0.3, -0.25) is 0 Å². The van der Waals surface area contributed by atoms with E-state index in [1.165, 1.54) is 6.42 Å². The van der Waals surface area contributed by atoms with Gasteiger partial charge in [-0.05, 0) is 32.1 Å². The average Bonchev–Trinajstić information content (AvgIpc) is 2.89. The van der Waals surface area contributed by atoms with Crippen LogP contribution in [0.3, 0.4) is 0 Å². The fourth-order valence-corrected chi connectivity index (χ4v) is 2.10. The van der Waals surface area contributed by atoms with E-state index in [4.69, 9.17) is 9.47 Å². The van der Waals surface area contributed by atoms with Crippen LogP contribution < -0.4 is 10.1 Å². The summed E-state index contributed by atoms with van der Waals surface area (Å²) in [5.41, 5.74) is 0.924. The van der Waals surface area contributed by atoms with E-state index < -0.39 is 0 Å². The number of hydrogen-bond donors (Lipinski definition) is 1. The minimum Gasteiger partial charge on any atom is -0.478 e. The van der Waals surface area contributed by atoms with Crippen LogP contribution in [-0.4, -0.2) is 36.3 Å². The first kappa shape index (κ1) is 14.1. The van der Waals surface area contributed by atoms with Crippen LogP contribution in [0, 0.1) is 12.8 Å². The third-order valence-corrected chi connectivity index (χ3v) is 3.14. The number of rotatable bonds is 7. The summed E-state index contributed by atoms with van der Waals surface area (Å²) in [7, 11) is 0. The van der Waals surface area contributed by atoms with Crippen molar-refractivity contribution in [3.8, 4) is 5.88 Å². The first-order valence-electron chi connectivity index (χ1n) is 7.08. The van der Waals surface area contributed by atoms with Gasteiger partial charge in [0.1, 0.15) is 0 Å². The topological polar surface area (TPSA) is 56.3 Å². The van der Waals surface area contributed by atoms with Gasteiger partial charge in [-0.2, -0.15) is 4.98 Å². The summed E-state index contributed by atoms with van der Waals surface area (Å²) in [6, 6.07) is 1.87. The summed E-state index contributed by atoms with van der Waals surface area (Å²) < 4.78 is 10.9. The maximum Gasteiger partial charge on any atom is 0.226 e. The standard InChI is InChI=1S/C14H23N3O2/c1-3-7-19-13-9-11(2)16-14(17-13)15-6-4-12-5-8-18-10-12/h9,12H,3-8,10H2,1-2H3,(H,15,16,17). The van der Waals surface area contributed by atoms with E-state index in [1.807, 2.05) is 13.0 Å². The summed E-state index contributed by atoms with van der Waals surface area (Å²) in [5, 5.41) is 3.27. The van der Waals surface area contributed by atoms with Gasteiger partial charge >= 0.3 is 0 Å². The van der Waals surface area contributed by atoms with Crippen molar-refractivity contribution in [2.24, 2.45) is 5.92 Å². The molecule has 0 spiro atoms. The lowest BCUT2D eigenvalue weighted by atomic mass is 10.1. The molecule has 5 nitrogen and oxygen atoms in total. The Morgan fingerprint density at radius 3 is 3.11 bits per heavy atom. The number of nitrogens with one attached hydrogen (secondary N) is 1. The van der Waals surface area contributed by atoms with Gasteiger partial charge in [0.2, 0.25) is 11.8 Å². The predicted octanol–water partition coefficient (Wildman–Crippen LogP) is 2.41. The third-order valence-electron chi connectivity index (χ3n) is 3.14. The van der Waals surface area contributed by atoms with Crippen molar-refractivity contribution in [2.75, 3.05) is 31.7 Å². The quantitative estimate of drug-likeness (QED) is 0.820. The van der Waals surface area contributed by atoms with Crippen LogP contribution in [0.2, 0.25) is 0 Å². The largest absolute Gasteiger partial charge is 0.478 e. The number of aryl methyl sites for hydroxylation is 1. The minimum absolute atomic E-state index is 0.654. The van der Waals surface area contributed by atoms with Gasteiger partial charge < -0.3 is 14.8 Å². The molecular weight excluding hydrogens is 242 g/mol. The Kier molecular flexibility index (Phi) is 5.39. The van der Waals surface area contributed by atoms with Gasteiger partial charge in [0, 0.05) is 31.5 Å². The van der Waals surface area contributed by atoms with Crippen LogP contribution in [0.4, 0.5) is 5.95 Å². The van der Waals surface area contributed by atoms with Crippen LogP contribution in [0.1, 0.15) is 31.9 Å².